The third kappa shape index (κ3) is 5.28. The van der Waals surface area contributed by atoms with Crippen molar-refractivity contribution in [1.29, 1.82) is 0 Å². The largest absolute Gasteiger partial charge is 0.467 e. The number of hydrogen-bond donors (Lipinski definition) is 0. The maximum absolute atomic E-state index is 17.2. The lowest BCUT2D eigenvalue weighted by molar-refractivity contribution is -0.144. The lowest BCUT2D eigenvalue weighted by Gasteiger charge is -2.28. The first-order chi connectivity index (χ1) is 21.4. The summed E-state index contributed by atoms with van der Waals surface area (Å²) in [4.78, 5) is 28.6. The molecule has 0 saturated heterocycles. The van der Waals surface area contributed by atoms with Gasteiger partial charge >= 0.3 is 18.1 Å². The van der Waals surface area contributed by atoms with Crippen molar-refractivity contribution in [3.05, 3.63) is 134 Å². The number of ether oxygens (including phenoxy) is 1. The van der Waals surface area contributed by atoms with Crippen LogP contribution in [0.5, 0.6) is 0 Å². The van der Waals surface area contributed by atoms with Gasteiger partial charge in [0.15, 0.2) is 6.04 Å². The van der Waals surface area contributed by atoms with Gasteiger partial charge in [0.2, 0.25) is 0 Å². The Morgan fingerprint density at radius 2 is 1.58 bits per heavy atom. The van der Waals surface area contributed by atoms with Crippen LogP contribution in [0, 0.1) is 0 Å². The molecule has 45 heavy (non-hydrogen) atoms. The Kier molecular flexibility index (Phi) is 7.76. The number of pyridine rings is 1. The molecule has 0 aliphatic carbocycles. The molecule has 1 atom stereocenters. The molecule has 230 valence electrons. The lowest BCUT2D eigenvalue weighted by Crippen LogP contribution is -2.32. The maximum Gasteiger partial charge on any atom is 0.416 e. The van der Waals surface area contributed by atoms with Gasteiger partial charge in [0.25, 0.3) is 5.56 Å². The fourth-order valence-electron chi connectivity index (χ4n) is 5.94. The number of hydrogen-bond acceptors (Lipinski definition) is 4. The first kappa shape index (κ1) is 30.5. The summed E-state index contributed by atoms with van der Waals surface area (Å²) < 4.78 is 81.7. The standard InChI is InChI=1S/C34H24BrF5N2O3/c1-45-32(44)26-19-41(18-20-9-3-2-4-10-20)30-27(22-13-7-14-23(17-22)34(38,39)40)28(29(35)31(43)42(26)30)33(36,37)25-16-8-12-21-11-5-6-15-24(21)25/h2-17,26H,18-19H2,1H3. The molecular formula is C34H24BrF5N2O3. The lowest BCUT2D eigenvalue weighted by atomic mass is 9.89. The topological polar surface area (TPSA) is 51.5 Å². The molecule has 1 aliphatic heterocycles. The Labute approximate surface area is 262 Å². The van der Waals surface area contributed by atoms with E-state index in [1.54, 1.807) is 59.5 Å². The molecule has 0 fully saturated rings. The van der Waals surface area contributed by atoms with E-state index in [0.717, 1.165) is 35.4 Å². The minimum absolute atomic E-state index is 0.0701. The molecule has 5 aromatic rings. The molecule has 6 rings (SSSR count). The minimum atomic E-state index is -4.78. The maximum atomic E-state index is 17.2. The number of nitrogens with zero attached hydrogens (tertiary/aromatic N) is 2. The number of methoxy groups -OCH3 is 1. The number of anilines is 1. The van der Waals surface area contributed by atoms with Crippen LogP contribution >= 0.6 is 15.9 Å². The van der Waals surface area contributed by atoms with E-state index in [2.05, 4.69) is 15.9 Å². The first-order valence-electron chi connectivity index (χ1n) is 13.8. The van der Waals surface area contributed by atoms with E-state index in [1.807, 2.05) is 0 Å². The second kappa shape index (κ2) is 11.4. The molecule has 1 aromatic heterocycles. The number of carbonyl (C=O) groups is 1. The minimum Gasteiger partial charge on any atom is -0.467 e. The molecule has 11 heteroatoms. The molecule has 0 amide bonds. The van der Waals surface area contributed by atoms with Gasteiger partial charge in [0.05, 0.1) is 29.3 Å². The highest BCUT2D eigenvalue weighted by Gasteiger charge is 2.47. The third-order valence-corrected chi connectivity index (χ3v) is 8.68. The van der Waals surface area contributed by atoms with Crippen LogP contribution in [0.3, 0.4) is 0 Å². The van der Waals surface area contributed by atoms with Gasteiger partial charge in [-0.05, 0) is 50.0 Å². The van der Waals surface area contributed by atoms with E-state index < -0.39 is 50.8 Å². The Balaban J connectivity index is 1.74. The van der Waals surface area contributed by atoms with E-state index in [9.17, 15) is 22.8 Å². The monoisotopic (exact) mass is 682 g/mol. The highest BCUT2D eigenvalue weighted by atomic mass is 79.9. The Bertz CT molecular complexity index is 1990. The van der Waals surface area contributed by atoms with Crippen molar-refractivity contribution >= 4 is 38.5 Å². The van der Waals surface area contributed by atoms with E-state index in [-0.39, 0.29) is 35.4 Å². The van der Waals surface area contributed by atoms with Crippen molar-refractivity contribution in [2.45, 2.75) is 24.7 Å². The molecule has 0 N–H and O–H groups in total. The summed E-state index contributed by atoms with van der Waals surface area (Å²) in [5, 5.41) is 0.724. The van der Waals surface area contributed by atoms with Gasteiger partial charge in [-0.2, -0.15) is 22.0 Å². The van der Waals surface area contributed by atoms with Gasteiger partial charge in [-0.3, -0.25) is 9.36 Å². The SMILES string of the molecule is COC(=O)C1CN(Cc2ccccc2)c2c(-c3cccc(C(F)(F)F)c3)c(C(F)(F)c3cccc4ccccc34)c(Br)c(=O)n21. The van der Waals surface area contributed by atoms with E-state index in [4.69, 9.17) is 4.74 Å². The summed E-state index contributed by atoms with van der Waals surface area (Å²) in [5.41, 5.74) is -3.03. The molecule has 0 spiro atoms. The summed E-state index contributed by atoms with van der Waals surface area (Å²) in [6, 6.07) is 22.5. The van der Waals surface area contributed by atoms with Crippen LogP contribution in [0.15, 0.2) is 106 Å². The third-order valence-electron chi connectivity index (χ3n) is 7.94. The molecule has 1 unspecified atom stereocenters. The zero-order chi connectivity index (χ0) is 32.1. The predicted octanol–water partition coefficient (Wildman–Crippen LogP) is 8.32. The van der Waals surface area contributed by atoms with E-state index in [0.29, 0.717) is 5.39 Å². The van der Waals surface area contributed by atoms with Crippen LogP contribution in [0.1, 0.15) is 28.3 Å². The van der Waals surface area contributed by atoms with Crippen molar-refractivity contribution < 1.29 is 31.5 Å². The molecule has 2 heterocycles. The molecule has 5 nitrogen and oxygen atoms in total. The summed E-state index contributed by atoms with van der Waals surface area (Å²) >= 11 is 3.12. The van der Waals surface area contributed by atoms with Crippen LogP contribution in [-0.2, 0) is 28.2 Å². The smallest absolute Gasteiger partial charge is 0.416 e. The second-order valence-corrected chi connectivity index (χ2v) is 11.4. The van der Waals surface area contributed by atoms with Crippen LogP contribution in [0.4, 0.5) is 27.8 Å². The number of benzene rings is 4. The second-order valence-electron chi connectivity index (χ2n) is 10.6. The predicted molar refractivity (Wildman–Crippen MR) is 164 cm³/mol. The zero-order valence-electron chi connectivity index (χ0n) is 23.6. The Hall–Kier alpha value is -4.51. The van der Waals surface area contributed by atoms with Gasteiger partial charge in [-0.15, -0.1) is 0 Å². The van der Waals surface area contributed by atoms with Gasteiger partial charge in [0, 0.05) is 17.7 Å². The fraction of sp³-hybridized carbons (Fsp3) is 0.176. The number of fused-ring (bicyclic) bond motifs is 2. The number of rotatable bonds is 6. The van der Waals surface area contributed by atoms with Crippen molar-refractivity contribution in [3.8, 4) is 11.1 Å². The van der Waals surface area contributed by atoms with Gasteiger partial charge in [-0.25, -0.2) is 4.79 Å². The Morgan fingerprint density at radius 1 is 0.911 bits per heavy atom. The molecule has 0 radical (unpaired) electrons. The number of esters is 1. The highest BCUT2D eigenvalue weighted by Crippen LogP contribution is 2.51. The highest BCUT2D eigenvalue weighted by molar-refractivity contribution is 9.10. The average Bonchev–Trinajstić information content (AvgIpc) is 3.40. The summed E-state index contributed by atoms with van der Waals surface area (Å²) in [6.45, 7) is -0.0703. The zero-order valence-corrected chi connectivity index (χ0v) is 25.2. The Morgan fingerprint density at radius 3 is 2.29 bits per heavy atom. The fourth-order valence-corrected chi connectivity index (χ4v) is 6.58. The number of halogens is 6. The summed E-state index contributed by atoms with van der Waals surface area (Å²) in [5.74, 6) is -4.80. The van der Waals surface area contributed by atoms with Crippen LogP contribution in [0.2, 0.25) is 0 Å². The molecular weight excluding hydrogens is 659 g/mol. The van der Waals surface area contributed by atoms with Crippen molar-refractivity contribution in [2.24, 2.45) is 0 Å². The molecule has 0 bridgehead atoms. The quantitative estimate of drug-likeness (QED) is 0.134. The molecule has 0 saturated carbocycles. The van der Waals surface area contributed by atoms with Gasteiger partial charge in [0.1, 0.15) is 5.82 Å². The first-order valence-corrected chi connectivity index (χ1v) is 14.6. The number of aromatic nitrogens is 1. The van der Waals surface area contributed by atoms with Crippen molar-refractivity contribution in [2.75, 3.05) is 18.6 Å². The molecule has 1 aliphatic rings. The summed E-state index contributed by atoms with van der Waals surface area (Å²) in [6.07, 6.45) is -4.78. The van der Waals surface area contributed by atoms with Gasteiger partial charge in [-0.1, -0.05) is 84.9 Å². The average molecular weight is 683 g/mol. The van der Waals surface area contributed by atoms with Crippen molar-refractivity contribution in [1.82, 2.24) is 4.57 Å². The summed E-state index contributed by atoms with van der Waals surface area (Å²) in [7, 11) is 1.14. The van der Waals surface area contributed by atoms with E-state index in [1.165, 1.54) is 24.3 Å². The van der Waals surface area contributed by atoms with Crippen LogP contribution in [-0.4, -0.2) is 24.2 Å². The van der Waals surface area contributed by atoms with Crippen LogP contribution in [0.25, 0.3) is 21.9 Å². The van der Waals surface area contributed by atoms with Crippen molar-refractivity contribution in [3.63, 3.8) is 0 Å². The molecule has 4 aromatic carbocycles. The number of carbonyl (C=O) groups excluding carboxylic acids is 1. The van der Waals surface area contributed by atoms with E-state index >= 15 is 8.78 Å². The van der Waals surface area contributed by atoms with Crippen LogP contribution < -0.4 is 10.5 Å². The van der Waals surface area contributed by atoms with Gasteiger partial charge < -0.3 is 9.64 Å². The number of alkyl halides is 5. The normalized spacial score (nSPS) is 14.9.